The van der Waals surface area contributed by atoms with E-state index in [0.29, 0.717) is 17.0 Å². The summed E-state index contributed by atoms with van der Waals surface area (Å²) in [5.74, 6) is 0.349. The molecule has 7 heteroatoms. The van der Waals surface area contributed by atoms with Crippen molar-refractivity contribution in [2.75, 3.05) is 38.2 Å². The second-order valence-corrected chi connectivity index (χ2v) is 8.91. The molecule has 0 aliphatic carbocycles. The summed E-state index contributed by atoms with van der Waals surface area (Å²) in [6.45, 7) is 5.09. The molecule has 1 aliphatic rings. The van der Waals surface area contributed by atoms with Gasteiger partial charge in [0.1, 0.15) is 11.6 Å². The number of carbonyl (C=O) groups is 1. The SMILES string of the molecule is COc1cccc(C(=O)N[C@@H](C)[C@@H](c2cccs2)N2CCN(c3ccccc3F)CC2)c1. The van der Waals surface area contributed by atoms with E-state index < -0.39 is 0 Å². The lowest BCUT2D eigenvalue weighted by Crippen LogP contribution is -2.52. The smallest absolute Gasteiger partial charge is 0.251 e. The topological polar surface area (TPSA) is 44.8 Å². The minimum Gasteiger partial charge on any atom is -0.497 e. The summed E-state index contributed by atoms with van der Waals surface area (Å²) >= 11 is 1.70. The average Bonchev–Trinajstić information content (AvgIpc) is 3.34. The first-order chi connectivity index (χ1) is 15.6. The highest BCUT2D eigenvalue weighted by Gasteiger charge is 2.31. The molecule has 1 amide bonds. The van der Waals surface area contributed by atoms with Gasteiger partial charge in [-0.2, -0.15) is 0 Å². The van der Waals surface area contributed by atoms with Gasteiger partial charge in [0, 0.05) is 42.7 Å². The molecular formula is C25H28FN3O2S. The fourth-order valence-corrected chi connectivity index (χ4v) is 5.25. The third-order valence-corrected chi connectivity index (χ3v) is 6.84. The number of methoxy groups -OCH3 is 1. The van der Waals surface area contributed by atoms with Crippen molar-refractivity contribution in [1.82, 2.24) is 10.2 Å². The van der Waals surface area contributed by atoms with Gasteiger partial charge in [-0.15, -0.1) is 11.3 Å². The molecule has 1 aliphatic heterocycles. The molecule has 2 atom stereocenters. The Labute approximate surface area is 192 Å². The normalized spacial score (nSPS) is 16.4. The predicted octanol–water partition coefficient (Wildman–Crippen LogP) is 4.58. The van der Waals surface area contributed by atoms with Gasteiger partial charge in [0.05, 0.1) is 18.8 Å². The maximum Gasteiger partial charge on any atom is 0.251 e. The molecule has 4 rings (SSSR count). The van der Waals surface area contributed by atoms with E-state index in [-0.39, 0.29) is 23.8 Å². The number of amides is 1. The Morgan fingerprint density at radius 2 is 1.84 bits per heavy atom. The molecular weight excluding hydrogens is 425 g/mol. The van der Waals surface area contributed by atoms with Crippen molar-refractivity contribution in [1.29, 1.82) is 0 Å². The fourth-order valence-electron chi connectivity index (χ4n) is 4.28. The van der Waals surface area contributed by atoms with Gasteiger partial charge in [-0.05, 0) is 48.7 Å². The zero-order valence-corrected chi connectivity index (χ0v) is 19.1. The maximum absolute atomic E-state index is 14.2. The molecule has 1 aromatic heterocycles. The number of benzene rings is 2. The zero-order chi connectivity index (χ0) is 22.5. The monoisotopic (exact) mass is 453 g/mol. The molecule has 0 unspecified atom stereocenters. The highest BCUT2D eigenvalue weighted by molar-refractivity contribution is 7.10. The van der Waals surface area contributed by atoms with Crippen molar-refractivity contribution in [3.05, 3.63) is 82.3 Å². The quantitative estimate of drug-likeness (QED) is 0.569. The molecule has 168 valence electrons. The Morgan fingerprint density at radius 1 is 1.06 bits per heavy atom. The van der Waals surface area contributed by atoms with E-state index in [1.165, 1.54) is 10.9 Å². The van der Waals surface area contributed by atoms with Gasteiger partial charge in [0.25, 0.3) is 5.91 Å². The lowest BCUT2D eigenvalue weighted by atomic mass is 10.0. The molecule has 0 saturated carbocycles. The van der Waals surface area contributed by atoms with Crippen LogP contribution in [0.4, 0.5) is 10.1 Å². The molecule has 1 N–H and O–H groups in total. The van der Waals surface area contributed by atoms with Gasteiger partial charge in [-0.3, -0.25) is 9.69 Å². The van der Waals surface area contributed by atoms with E-state index in [0.717, 1.165) is 26.2 Å². The maximum atomic E-state index is 14.2. The lowest BCUT2D eigenvalue weighted by Gasteiger charge is -2.42. The fraction of sp³-hybridized carbons (Fsp3) is 0.320. The summed E-state index contributed by atoms with van der Waals surface area (Å²) in [6.07, 6.45) is 0. The Bertz CT molecular complexity index is 1040. The number of ether oxygens (including phenoxy) is 1. The van der Waals surface area contributed by atoms with Crippen LogP contribution in [-0.4, -0.2) is 50.1 Å². The van der Waals surface area contributed by atoms with Crippen molar-refractivity contribution >= 4 is 22.9 Å². The molecule has 0 bridgehead atoms. The molecule has 3 aromatic rings. The highest BCUT2D eigenvalue weighted by atomic mass is 32.1. The van der Waals surface area contributed by atoms with Crippen molar-refractivity contribution in [2.24, 2.45) is 0 Å². The van der Waals surface area contributed by atoms with E-state index in [1.54, 1.807) is 36.6 Å². The first kappa shape index (κ1) is 22.3. The second kappa shape index (κ2) is 10.1. The minimum atomic E-state index is -0.185. The van der Waals surface area contributed by atoms with Crippen LogP contribution in [0.3, 0.4) is 0 Å². The number of rotatable bonds is 7. The van der Waals surface area contributed by atoms with Gasteiger partial charge >= 0.3 is 0 Å². The summed E-state index contributed by atoms with van der Waals surface area (Å²) in [7, 11) is 1.59. The summed E-state index contributed by atoms with van der Waals surface area (Å²) in [6, 6.07) is 18.2. The number of carbonyl (C=O) groups excluding carboxylic acids is 1. The number of hydrogen-bond donors (Lipinski definition) is 1. The van der Waals surface area contributed by atoms with Crippen LogP contribution in [0.5, 0.6) is 5.75 Å². The van der Waals surface area contributed by atoms with Crippen molar-refractivity contribution < 1.29 is 13.9 Å². The number of hydrogen-bond acceptors (Lipinski definition) is 5. The van der Waals surface area contributed by atoms with Crippen molar-refractivity contribution in [3.8, 4) is 5.75 Å². The predicted molar refractivity (Wildman–Crippen MR) is 127 cm³/mol. The molecule has 2 aromatic carbocycles. The van der Waals surface area contributed by atoms with E-state index in [9.17, 15) is 9.18 Å². The number of halogens is 1. The van der Waals surface area contributed by atoms with Crippen LogP contribution in [0.1, 0.15) is 28.2 Å². The first-order valence-corrected chi connectivity index (χ1v) is 11.7. The number of para-hydroxylation sites is 1. The third-order valence-electron chi connectivity index (χ3n) is 5.90. The molecule has 0 spiro atoms. The zero-order valence-electron chi connectivity index (χ0n) is 18.3. The Hall–Kier alpha value is -2.90. The molecule has 1 fully saturated rings. The van der Waals surface area contributed by atoms with Crippen LogP contribution >= 0.6 is 11.3 Å². The van der Waals surface area contributed by atoms with Crippen LogP contribution in [0, 0.1) is 5.82 Å². The Kier molecular flexibility index (Phi) is 7.07. The van der Waals surface area contributed by atoms with E-state index in [1.807, 2.05) is 37.3 Å². The van der Waals surface area contributed by atoms with Crippen LogP contribution in [-0.2, 0) is 0 Å². The highest BCUT2D eigenvalue weighted by Crippen LogP contribution is 2.31. The van der Waals surface area contributed by atoms with Gasteiger partial charge in [-0.25, -0.2) is 4.39 Å². The molecule has 32 heavy (non-hydrogen) atoms. The van der Waals surface area contributed by atoms with Crippen molar-refractivity contribution in [2.45, 2.75) is 19.0 Å². The number of anilines is 1. The van der Waals surface area contributed by atoms with E-state index in [2.05, 4.69) is 26.6 Å². The summed E-state index contributed by atoms with van der Waals surface area (Å²) in [5, 5.41) is 5.25. The van der Waals surface area contributed by atoms with Gasteiger partial charge in [-0.1, -0.05) is 24.3 Å². The number of piperazine rings is 1. The van der Waals surface area contributed by atoms with E-state index >= 15 is 0 Å². The largest absolute Gasteiger partial charge is 0.497 e. The van der Waals surface area contributed by atoms with Gasteiger partial charge < -0.3 is 15.0 Å². The summed E-state index contributed by atoms with van der Waals surface area (Å²) in [4.78, 5) is 18.6. The van der Waals surface area contributed by atoms with Crippen LogP contribution in [0.25, 0.3) is 0 Å². The molecule has 2 heterocycles. The van der Waals surface area contributed by atoms with Gasteiger partial charge in [0.2, 0.25) is 0 Å². The lowest BCUT2D eigenvalue weighted by molar-refractivity contribution is 0.0890. The first-order valence-electron chi connectivity index (χ1n) is 10.8. The number of nitrogens with one attached hydrogen (secondary N) is 1. The standard InChI is InChI=1S/C25H28FN3O2S/c1-18(27-25(30)19-7-5-8-20(17-19)31-2)24(23-11-6-16-32-23)29-14-12-28(13-15-29)22-10-4-3-9-21(22)26/h3-11,16-18,24H,12-15H2,1-2H3,(H,27,30)/t18-,24-/m0/s1. The Morgan fingerprint density at radius 3 is 2.53 bits per heavy atom. The summed E-state index contributed by atoms with van der Waals surface area (Å²) < 4.78 is 19.5. The molecule has 5 nitrogen and oxygen atoms in total. The van der Waals surface area contributed by atoms with Crippen LogP contribution < -0.4 is 15.0 Å². The second-order valence-electron chi connectivity index (χ2n) is 7.93. The van der Waals surface area contributed by atoms with E-state index in [4.69, 9.17) is 4.74 Å². The van der Waals surface area contributed by atoms with Crippen LogP contribution in [0.15, 0.2) is 66.0 Å². The van der Waals surface area contributed by atoms with Crippen LogP contribution in [0.2, 0.25) is 0 Å². The molecule has 1 saturated heterocycles. The minimum absolute atomic E-state index is 0.0485. The number of thiophene rings is 1. The number of nitrogens with zero attached hydrogens (tertiary/aromatic N) is 2. The van der Waals surface area contributed by atoms with Crippen molar-refractivity contribution in [3.63, 3.8) is 0 Å². The Balaban J connectivity index is 1.47. The average molecular weight is 454 g/mol. The molecule has 0 radical (unpaired) electrons. The summed E-state index contributed by atoms with van der Waals surface area (Å²) in [5.41, 5.74) is 1.23. The third kappa shape index (κ3) is 4.95. The van der Waals surface area contributed by atoms with Gasteiger partial charge in [0.15, 0.2) is 0 Å².